The Bertz CT molecular complexity index is 907. The highest BCUT2D eigenvalue weighted by Gasteiger charge is 2.31. The molecule has 2 heterocycles. The summed E-state index contributed by atoms with van der Waals surface area (Å²) in [5.74, 6) is 1.46. The van der Waals surface area contributed by atoms with Crippen molar-refractivity contribution in [3.05, 3.63) is 36.0 Å². The van der Waals surface area contributed by atoms with Gasteiger partial charge in [0.1, 0.15) is 11.3 Å². The van der Waals surface area contributed by atoms with Crippen molar-refractivity contribution >= 4 is 22.8 Å². The predicted molar refractivity (Wildman–Crippen MR) is 95.2 cm³/mol. The first-order valence-corrected chi connectivity index (χ1v) is 8.75. The number of anilines is 1. The maximum Gasteiger partial charge on any atom is 0.227 e. The zero-order valence-electron chi connectivity index (χ0n) is 14.5. The van der Waals surface area contributed by atoms with Crippen molar-refractivity contribution < 1.29 is 4.79 Å². The van der Waals surface area contributed by atoms with Gasteiger partial charge >= 0.3 is 0 Å². The molecule has 1 aromatic carbocycles. The molecule has 1 N–H and O–H groups in total. The number of para-hydroxylation sites is 1. The highest BCUT2D eigenvalue weighted by atomic mass is 16.1. The minimum Gasteiger partial charge on any atom is -0.311 e. The van der Waals surface area contributed by atoms with E-state index in [1.165, 1.54) is 12.8 Å². The molecule has 1 aliphatic carbocycles. The van der Waals surface area contributed by atoms with Gasteiger partial charge in [0.15, 0.2) is 0 Å². The van der Waals surface area contributed by atoms with Crippen molar-refractivity contribution in [1.29, 1.82) is 0 Å². The van der Waals surface area contributed by atoms with Crippen molar-refractivity contribution in [3.63, 3.8) is 0 Å². The molecule has 25 heavy (non-hydrogen) atoms. The van der Waals surface area contributed by atoms with Crippen molar-refractivity contribution in [1.82, 2.24) is 24.8 Å². The van der Waals surface area contributed by atoms with E-state index in [0.29, 0.717) is 24.9 Å². The van der Waals surface area contributed by atoms with Crippen molar-refractivity contribution in [2.75, 3.05) is 5.32 Å². The average molecular weight is 338 g/mol. The number of fused-ring (bicyclic) bond motifs is 1. The molecule has 1 amide bonds. The summed E-state index contributed by atoms with van der Waals surface area (Å²) in [6.45, 7) is 4.64. The SMILES string of the molecule is Cc1cnn(C(C)C2CC2)c1NC(=O)CCn1nnc2ccccc21. The van der Waals surface area contributed by atoms with E-state index in [2.05, 4.69) is 27.7 Å². The molecule has 7 nitrogen and oxygen atoms in total. The van der Waals surface area contributed by atoms with Crippen LogP contribution >= 0.6 is 0 Å². The molecule has 0 aliphatic heterocycles. The van der Waals surface area contributed by atoms with Crippen LogP contribution in [0.2, 0.25) is 0 Å². The summed E-state index contributed by atoms with van der Waals surface area (Å²) in [6.07, 6.45) is 4.65. The molecule has 4 rings (SSSR count). The fourth-order valence-corrected chi connectivity index (χ4v) is 3.18. The van der Waals surface area contributed by atoms with E-state index in [9.17, 15) is 4.79 Å². The number of carbonyl (C=O) groups is 1. The third kappa shape index (κ3) is 3.14. The molecule has 1 unspecified atom stereocenters. The monoisotopic (exact) mass is 338 g/mol. The molecule has 1 atom stereocenters. The quantitative estimate of drug-likeness (QED) is 0.749. The second-order valence-corrected chi connectivity index (χ2v) is 6.80. The van der Waals surface area contributed by atoms with Gasteiger partial charge in [-0.1, -0.05) is 17.3 Å². The van der Waals surface area contributed by atoms with Gasteiger partial charge in [0, 0.05) is 12.0 Å². The number of nitrogens with zero attached hydrogens (tertiary/aromatic N) is 5. The minimum atomic E-state index is -0.0348. The maximum atomic E-state index is 12.4. The summed E-state index contributed by atoms with van der Waals surface area (Å²) < 4.78 is 3.72. The number of hydrogen-bond donors (Lipinski definition) is 1. The van der Waals surface area contributed by atoms with Gasteiger partial charge in [-0.05, 0) is 44.7 Å². The van der Waals surface area contributed by atoms with Crippen LogP contribution in [0.1, 0.15) is 37.8 Å². The Kier molecular flexibility index (Phi) is 3.99. The van der Waals surface area contributed by atoms with Gasteiger partial charge in [-0.15, -0.1) is 5.10 Å². The second-order valence-electron chi connectivity index (χ2n) is 6.80. The van der Waals surface area contributed by atoms with Crippen LogP contribution in [0, 0.1) is 12.8 Å². The Morgan fingerprint density at radius 2 is 2.16 bits per heavy atom. The number of aryl methyl sites for hydroxylation is 2. The topological polar surface area (TPSA) is 77.6 Å². The predicted octanol–water partition coefficient (Wildman–Crippen LogP) is 2.94. The molecule has 7 heteroatoms. The number of rotatable bonds is 6. The van der Waals surface area contributed by atoms with Crippen molar-refractivity contribution in [2.45, 2.75) is 45.7 Å². The molecule has 0 spiro atoms. The van der Waals surface area contributed by atoms with E-state index in [1.54, 1.807) is 4.68 Å². The second kappa shape index (κ2) is 6.31. The van der Waals surface area contributed by atoms with E-state index >= 15 is 0 Å². The van der Waals surface area contributed by atoms with Crippen LogP contribution in [-0.4, -0.2) is 30.7 Å². The van der Waals surface area contributed by atoms with Gasteiger partial charge in [0.25, 0.3) is 0 Å². The lowest BCUT2D eigenvalue weighted by molar-refractivity contribution is -0.116. The molecule has 1 aliphatic rings. The first-order valence-electron chi connectivity index (χ1n) is 8.75. The Morgan fingerprint density at radius 1 is 1.36 bits per heavy atom. The maximum absolute atomic E-state index is 12.4. The fraction of sp³-hybridized carbons (Fsp3) is 0.444. The van der Waals surface area contributed by atoms with E-state index in [4.69, 9.17) is 0 Å². The van der Waals surface area contributed by atoms with Gasteiger partial charge in [-0.3, -0.25) is 4.79 Å². The lowest BCUT2D eigenvalue weighted by atomic mass is 10.2. The summed E-state index contributed by atoms with van der Waals surface area (Å²) in [5, 5.41) is 15.7. The summed E-state index contributed by atoms with van der Waals surface area (Å²) >= 11 is 0. The highest BCUT2D eigenvalue weighted by molar-refractivity contribution is 5.90. The number of amides is 1. The van der Waals surface area contributed by atoms with Crippen LogP contribution < -0.4 is 5.32 Å². The third-order valence-electron chi connectivity index (χ3n) is 4.90. The molecular weight excluding hydrogens is 316 g/mol. The van der Waals surface area contributed by atoms with Crippen LogP contribution in [0.15, 0.2) is 30.5 Å². The minimum absolute atomic E-state index is 0.0348. The molecule has 2 aromatic heterocycles. The molecule has 1 fully saturated rings. The standard InChI is InChI=1S/C18H22N6O/c1-12-11-19-24(13(2)14-7-8-14)18(12)20-17(25)9-10-23-16-6-4-3-5-15(16)21-22-23/h3-6,11,13-14H,7-10H2,1-2H3,(H,20,25). The molecular formula is C18H22N6O. The van der Waals surface area contributed by atoms with Crippen LogP contribution in [0.25, 0.3) is 11.0 Å². The number of hydrogen-bond acceptors (Lipinski definition) is 4. The van der Waals surface area contributed by atoms with Crippen molar-refractivity contribution in [2.24, 2.45) is 5.92 Å². The van der Waals surface area contributed by atoms with Gasteiger partial charge in [-0.2, -0.15) is 5.10 Å². The lowest BCUT2D eigenvalue weighted by Crippen LogP contribution is -2.20. The summed E-state index contributed by atoms with van der Waals surface area (Å²) in [5.41, 5.74) is 2.78. The van der Waals surface area contributed by atoms with Crippen LogP contribution in [-0.2, 0) is 11.3 Å². The molecule has 0 bridgehead atoms. The lowest BCUT2D eigenvalue weighted by Gasteiger charge is -2.16. The van der Waals surface area contributed by atoms with Crippen LogP contribution in [0.3, 0.4) is 0 Å². The van der Waals surface area contributed by atoms with Gasteiger partial charge in [0.2, 0.25) is 5.91 Å². The van der Waals surface area contributed by atoms with Crippen LogP contribution in [0.4, 0.5) is 5.82 Å². The Morgan fingerprint density at radius 3 is 2.96 bits per heavy atom. The molecule has 1 saturated carbocycles. The Hall–Kier alpha value is -2.70. The van der Waals surface area contributed by atoms with Crippen LogP contribution in [0.5, 0.6) is 0 Å². The molecule has 0 radical (unpaired) electrons. The third-order valence-corrected chi connectivity index (χ3v) is 4.90. The number of nitrogens with one attached hydrogen (secondary N) is 1. The summed E-state index contributed by atoms with van der Waals surface area (Å²) in [7, 11) is 0. The Balaban J connectivity index is 1.43. The van der Waals surface area contributed by atoms with E-state index in [0.717, 1.165) is 22.4 Å². The van der Waals surface area contributed by atoms with E-state index in [1.807, 2.05) is 42.1 Å². The zero-order chi connectivity index (χ0) is 17.4. The average Bonchev–Trinajstić information content (AvgIpc) is 3.30. The summed E-state index contributed by atoms with van der Waals surface area (Å²) in [6, 6.07) is 8.08. The highest BCUT2D eigenvalue weighted by Crippen LogP contribution is 2.40. The first-order chi connectivity index (χ1) is 12.1. The number of carbonyl (C=O) groups excluding carboxylic acids is 1. The summed E-state index contributed by atoms with van der Waals surface area (Å²) in [4.78, 5) is 12.4. The van der Waals surface area contributed by atoms with E-state index in [-0.39, 0.29) is 5.91 Å². The number of benzene rings is 1. The van der Waals surface area contributed by atoms with Gasteiger partial charge in [0.05, 0.1) is 24.3 Å². The smallest absolute Gasteiger partial charge is 0.227 e. The zero-order valence-corrected chi connectivity index (χ0v) is 14.5. The number of aromatic nitrogens is 5. The van der Waals surface area contributed by atoms with Gasteiger partial charge < -0.3 is 5.32 Å². The fourth-order valence-electron chi connectivity index (χ4n) is 3.18. The van der Waals surface area contributed by atoms with Gasteiger partial charge in [-0.25, -0.2) is 9.36 Å². The Labute approximate surface area is 146 Å². The molecule has 130 valence electrons. The largest absolute Gasteiger partial charge is 0.311 e. The van der Waals surface area contributed by atoms with E-state index < -0.39 is 0 Å². The molecule has 3 aromatic rings. The van der Waals surface area contributed by atoms with Crippen molar-refractivity contribution in [3.8, 4) is 0 Å². The first kappa shape index (κ1) is 15.8. The molecule has 0 saturated heterocycles. The normalized spacial score (nSPS) is 15.4.